The van der Waals surface area contributed by atoms with Crippen LogP contribution in [0.25, 0.3) is 0 Å². The van der Waals surface area contributed by atoms with Crippen LogP contribution in [-0.2, 0) is 14.2 Å². The molecule has 0 unspecified atom stereocenters. The first kappa shape index (κ1) is 21.5. The van der Waals surface area contributed by atoms with Crippen LogP contribution in [0.4, 0.5) is 35.1 Å². The Morgan fingerprint density at radius 1 is 0.800 bits per heavy atom. The van der Waals surface area contributed by atoms with E-state index in [1.807, 2.05) is 0 Å². The van der Waals surface area contributed by atoms with Crippen LogP contribution in [0.2, 0.25) is 0 Å². The standard InChI is InChI=1S/C6H8F7NO3.CH4FN/c7-3-16-6(12,13)17-5(10,11)4(8,9)15-2-1-14;2-1-3/h1-3,14H2;1,3H2. The average Bonchev–Trinajstić information content (AvgIpc) is 2.25. The highest BCUT2D eigenvalue weighted by Crippen LogP contribution is 2.40. The number of halogens is 8. The van der Waals surface area contributed by atoms with E-state index in [-0.39, 0.29) is 0 Å². The van der Waals surface area contributed by atoms with Gasteiger partial charge in [0.25, 0.3) is 0 Å². The fourth-order valence-corrected chi connectivity index (χ4v) is 0.573. The third-order valence-corrected chi connectivity index (χ3v) is 1.21. The lowest BCUT2D eigenvalue weighted by Crippen LogP contribution is -2.50. The highest BCUT2D eigenvalue weighted by Gasteiger charge is 2.64. The van der Waals surface area contributed by atoms with E-state index in [2.05, 4.69) is 25.7 Å². The van der Waals surface area contributed by atoms with E-state index < -0.39 is 45.3 Å². The van der Waals surface area contributed by atoms with Crippen LogP contribution >= 0.6 is 0 Å². The number of ether oxygens (including phenoxy) is 3. The Hall–Kier alpha value is -0.760. The van der Waals surface area contributed by atoms with Gasteiger partial charge < -0.3 is 16.2 Å². The monoisotopic (exact) mass is 324 g/mol. The van der Waals surface area contributed by atoms with Crippen molar-refractivity contribution in [3.05, 3.63) is 0 Å². The predicted molar refractivity (Wildman–Crippen MR) is 48.2 cm³/mol. The molecule has 0 aliphatic rings. The first-order valence-corrected chi connectivity index (χ1v) is 4.63. The quantitative estimate of drug-likeness (QED) is 0.402. The maximum absolute atomic E-state index is 12.5. The van der Waals surface area contributed by atoms with Gasteiger partial charge in [0.1, 0.15) is 6.80 Å². The molecule has 20 heavy (non-hydrogen) atoms. The van der Waals surface area contributed by atoms with E-state index in [1.54, 1.807) is 0 Å². The van der Waals surface area contributed by atoms with Crippen molar-refractivity contribution >= 4 is 0 Å². The lowest BCUT2D eigenvalue weighted by Gasteiger charge is -2.27. The van der Waals surface area contributed by atoms with Gasteiger partial charge in [-0.25, -0.2) is 13.5 Å². The van der Waals surface area contributed by atoms with E-state index >= 15 is 0 Å². The van der Waals surface area contributed by atoms with Crippen molar-refractivity contribution in [3.63, 3.8) is 0 Å². The molecule has 13 heteroatoms. The molecule has 0 saturated heterocycles. The SMILES string of the molecule is NCCOC(F)(F)C(F)(F)OC(F)(F)OCF.NCF. The van der Waals surface area contributed by atoms with Crippen molar-refractivity contribution in [3.8, 4) is 0 Å². The summed E-state index contributed by atoms with van der Waals surface area (Å²) in [6.07, 6.45) is -16.3. The summed E-state index contributed by atoms with van der Waals surface area (Å²) in [5, 5.41) is 0. The minimum Gasteiger partial charge on any atom is -0.328 e. The summed E-state index contributed by atoms with van der Waals surface area (Å²) < 4.78 is 104. The maximum atomic E-state index is 12.5. The van der Waals surface area contributed by atoms with Crippen LogP contribution < -0.4 is 11.5 Å². The molecule has 0 radical (unpaired) electrons. The molecule has 4 N–H and O–H groups in total. The zero-order valence-corrected chi connectivity index (χ0v) is 9.73. The normalized spacial score (nSPS) is 12.9. The predicted octanol–water partition coefficient (Wildman–Crippen LogP) is 1.53. The largest absolute Gasteiger partial charge is 0.492 e. The Labute approximate surface area is 107 Å². The Kier molecular flexibility index (Phi) is 9.94. The first-order chi connectivity index (χ1) is 8.99. The Balaban J connectivity index is 0. The summed E-state index contributed by atoms with van der Waals surface area (Å²) in [5.74, 6) is 0. The van der Waals surface area contributed by atoms with Crippen molar-refractivity contribution < 1.29 is 49.3 Å². The molecule has 0 aliphatic heterocycles. The zero-order chi connectivity index (χ0) is 16.4. The van der Waals surface area contributed by atoms with E-state index in [0.29, 0.717) is 0 Å². The Morgan fingerprint density at radius 3 is 1.60 bits per heavy atom. The van der Waals surface area contributed by atoms with Gasteiger partial charge in [0.2, 0.25) is 0 Å². The van der Waals surface area contributed by atoms with Gasteiger partial charge in [-0.1, -0.05) is 0 Å². The highest BCUT2D eigenvalue weighted by molar-refractivity contribution is 4.67. The Morgan fingerprint density at radius 2 is 1.25 bits per heavy atom. The van der Waals surface area contributed by atoms with Gasteiger partial charge >= 0.3 is 18.5 Å². The molecule has 0 amide bonds. The summed E-state index contributed by atoms with van der Waals surface area (Å²) in [5.41, 5.74) is 8.87. The van der Waals surface area contributed by atoms with Gasteiger partial charge in [-0.2, -0.15) is 17.6 Å². The first-order valence-electron chi connectivity index (χ1n) is 4.63. The molecule has 0 aromatic heterocycles. The molecule has 0 bridgehead atoms. The summed E-state index contributed by atoms with van der Waals surface area (Å²) in [7, 11) is 0. The number of hydrogen-bond acceptors (Lipinski definition) is 5. The van der Waals surface area contributed by atoms with Crippen molar-refractivity contribution in [1.82, 2.24) is 0 Å². The van der Waals surface area contributed by atoms with Crippen LogP contribution in [0.1, 0.15) is 0 Å². The number of hydrogen-bond donors (Lipinski definition) is 2. The number of rotatable bonds is 8. The van der Waals surface area contributed by atoms with Gasteiger partial charge in [-0.3, -0.25) is 4.74 Å². The lowest BCUT2D eigenvalue weighted by molar-refractivity contribution is -0.528. The fourth-order valence-electron chi connectivity index (χ4n) is 0.573. The number of nitrogens with two attached hydrogens (primary N) is 2. The molecule has 0 atom stereocenters. The summed E-state index contributed by atoms with van der Waals surface area (Å²) in [6, 6.07) is 0. The molecule has 0 aliphatic carbocycles. The van der Waals surface area contributed by atoms with Crippen molar-refractivity contribution in [1.29, 1.82) is 0 Å². The van der Waals surface area contributed by atoms with Crippen molar-refractivity contribution in [2.24, 2.45) is 11.5 Å². The molecule has 0 aromatic carbocycles. The molecule has 5 nitrogen and oxygen atoms in total. The topological polar surface area (TPSA) is 79.7 Å². The van der Waals surface area contributed by atoms with Crippen molar-refractivity contribution in [2.45, 2.75) is 18.5 Å². The van der Waals surface area contributed by atoms with Crippen LogP contribution in [0.5, 0.6) is 0 Å². The second-order valence-electron chi connectivity index (χ2n) is 2.64. The van der Waals surface area contributed by atoms with Gasteiger partial charge in [0, 0.05) is 6.54 Å². The maximum Gasteiger partial charge on any atom is 0.492 e. The smallest absolute Gasteiger partial charge is 0.328 e. The molecular formula is C7H12F8N2O3. The van der Waals surface area contributed by atoms with Gasteiger partial charge in [0.15, 0.2) is 6.86 Å². The fraction of sp³-hybridized carbons (Fsp3) is 1.00. The molecule has 0 aromatic rings. The summed E-state index contributed by atoms with van der Waals surface area (Å²) >= 11 is 0. The van der Waals surface area contributed by atoms with E-state index in [9.17, 15) is 35.1 Å². The highest BCUT2D eigenvalue weighted by atomic mass is 19.3. The van der Waals surface area contributed by atoms with Crippen LogP contribution in [0.15, 0.2) is 0 Å². The average molecular weight is 324 g/mol. The molecular weight excluding hydrogens is 312 g/mol. The van der Waals surface area contributed by atoms with Crippen LogP contribution in [0, 0.1) is 0 Å². The molecule has 0 heterocycles. The minimum absolute atomic E-state index is 0.553. The minimum atomic E-state index is -5.72. The lowest BCUT2D eigenvalue weighted by atomic mass is 10.5. The summed E-state index contributed by atoms with van der Waals surface area (Å²) in [4.78, 5) is 0. The number of alkyl halides is 8. The van der Waals surface area contributed by atoms with E-state index in [1.165, 1.54) is 0 Å². The molecule has 0 rings (SSSR count). The molecule has 0 spiro atoms. The summed E-state index contributed by atoms with van der Waals surface area (Å²) in [6.45, 7) is -4.54. The van der Waals surface area contributed by atoms with Gasteiger partial charge in [-0.15, -0.1) is 8.78 Å². The third kappa shape index (κ3) is 8.42. The molecule has 0 fully saturated rings. The zero-order valence-electron chi connectivity index (χ0n) is 9.73. The molecule has 0 saturated carbocycles. The van der Waals surface area contributed by atoms with Crippen molar-refractivity contribution in [2.75, 3.05) is 26.8 Å². The van der Waals surface area contributed by atoms with E-state index in [4.69, 9.17) is 0 Å². The van der Waals surface area contributed by atoms with Gasteiger partial charge in [-0.05, 0) is 0 Å². The Bertz CT molecular complexity index is 256. The van der Waals surface area contributed by atoms with Gasteiger partial charge in [0.05, 0.1) is 6.61 Å². The third-order valence-electron chi connectivity index (χ3n) is 1.21. The van der Waals surface area contributed by atoms with E-state index in [0.717, 1.165) is 0 Å². The van der Waals surface area contributed by atoms with Crippen LogP contribution in [-0.4, -0.2) is 45.3 Å². The second-order valence-corrected chi connectivity index (χ2v) is 2.64. The van der Waals surface area contributed by atoms with Crippen LogP contribution in [0.3, 0.4) is 0 Å². The second kappa shape index (κ2) is 9.23. The molecule has 124 valence electrons.